The van der Waals surface area contributed by atoms with Crippen LogP contribution in [0.3, 0.4) is 0 Å². The Labute approximate surface area is 135 Å². The Morgan fingerprint density at radius 3 is 2.71 bits per heavy atom. The van der Waals surface area contributed by atoms with E-state index in [2.05, 4.69) is 15.9 Å². The summed E-state index contributed by atoms with van der Waals surface area (Å²) in [5.74, 6) is -0.444. The minimum Gasteiger partial charge on any atom is -0.487 e. The fourth-order valence-electron chi connectivity index (χ4n) is 1.68. The molecule has 0 fully saturated rings. The van der Waals surface area contributed by atoms with E-state index < -0.39 is 5.97 Å². The molecule has 0 heterocycles. The molecular weight excluding hydrogens is 356 g/mol. The van der Waals surface area contributed by atoms with E-state index in [1.807, 2.05) is 24.3 Å². The fourth-order valence-corrected chi connectivity index (χ4v) is 2.32. The van der Waals surface area contributed by atoms with Crippen LogP contribution in [0, 0.1) is 0 Å². The lowest BCUT2D eigenvalue weighted by Gasteiger charge is -2.09. The number of carbonyl (C=O) groups is 1. The third-order valence-electron chi connectivity index (χ3n) is 2.72. The number of benzene rings is 2. The lowest BCUT2D eigenvalue weighted by Crippen LogP contribution is -1.97. The van der Waals surface area contributed by atoms with E-state index in [0.29, 0.717) is 22.9 Å². The maximum atomic E-state index is 10.5. The van der Waals surface area contributed by atoms with Gasteiger partial charge in [-0.3, -0.25) is 0 Å². The van der Waals surface area contributed by atoms with Crippen LogP contribution >= 0.6 is 27.5 Å². The van der Waals surface area contributed by atoms with Gasteiger partial charge in [0.15, 0.2) is 0 Å². The first-order chi connectivity index (χ1) is 10.1. The van der Waals surface area contributed by atoms with Gasteiger partial charge in [0.2, 0.25) is 0 Å². The molecule has 0 aliphatic carbocycles. The fraction of sp³-hybridized carbons (Fsp3) is 0.0625. The van der Waals surface area contributed by atoms with E-state index in [1.165, 1.54) is 6.08 Å². The van der Waals surface area contributed by atoms with Crippen molar-refractivity contribution in [2.45, 2.75) is 6.61 Å². The number of ether oxygens (including phenoxy) is 1. The summed E-state index contributed by atoms with van der Waals surface area (Å²) in [5.41, 5.74) is 1.72. The molecular formula is C16H12BrClO3. The van der Waals surface area contributed by atoms with E-state index in [0.717, 1.165) is 16.1 Å². The van der Waals surface area contributed by atoms with Crippen LogP contribution in [0.1, 0.15) is 11.1 Å². The number of rotatable bonds is 5. The van der Waals surface area contributed by atoms with Crippen molar-refractivity contribution in [3.05, 3.63) is 69.2 Å². The van der Waals surface area contributed by atoms with Crippen LogP contribution < -0.4 is 4.74 Å². The maximum absolute atomic E-state index is 10.5. The molecule has 1 N–H and O–H groups in total. The minimum absolute atomic E-state index is 0.394. The summed E-state index contributed by atoms with van der Waals surface area (Å²) in [4.78, 5) is 10.5. The number of aliphatic carboxylic acids is 1. The van der Waals surface area contributed by atoms with Gasteiger partial charge < -0.3 is 9.84 Å². The number of hydrogen-bond acceptors (Lipinski definition) is 2. The van der Waals surface area contributed by atoms with E-state index in [4.69, 9.17) is 21.4 Å². The van der Waals surface area contributed by atoms with Crippen molar-refractivity contribution in [3.8, 4) is 5.75 Å². The Kier molecular flexibility index (Phi) is 5.42. The second-order valence-corrected chi connectivity index (χ2v) is 5.50. The van der Waals surface area contributed by atoms with Crippen molar-refractivity contribution in [2.24, 2.45) is 0 Å². The monoisotopic (exact) mass is 366 g/mol. The van der Waals surface area contributed by atoms with Gasteiger partial charge in [0.05, 0.1) is 5.02 Å². The van der Waals surface area contributed by atoms with Gasteiger partial charge >= 0.3 is 5.97 Å². The molecule has 3 nitrogen and oxygen atoms in total. The highest BCUT2D eigenvalue weighted by molar-refractivity contribution is 9.10. The summed E-state index contributed by atoms with van der Waals surface area (Å²) in [6.07, 6.45) is 2.54. The first kappa shape index (κ1) is 15.6. The smallest absolute Gasteiger partial charge is 0.328 e. The summed E-state index contributed by atoms with van der Waals surface area (Å²) < 4.78 is 6.66. The molecule has 2 aromatic carbocycles. The summed E-state index contributed by atoms with van der Waals surface area (Å²) in [7, 11) is 0. The van der Waals surface area contributed by atoms with E-state index in [1.54, 1.807) is 18.2 Å². The molecule has 108 valence electrons. The van der Waals surface area contributed by atoms with Crippen LogP contribution in [0.4, 0.5) is 0 Å². The minimum atomic E-state index is -1.000. The summed E-state index contributed by atoms with van der Waals surface area (Å²) >= 11 is 9.59. The summed E-state index contributed by atoms with van der Waals surface area (Å²) in [6, 6.07) is 12.9. The Bertz CT molecular complexity index is 683. The van der Waals surface area contributed by atoms with E-state index in [9.17, 15) is 4.79 Å². The average Bonchev–Trinajstić information content (AvgIpc) is 2.45. The topological polar surface area (TPSA) is 46.5 Å². The van der Waals surface area contributed by atoms with Crippen LogP contribution in [0.15, 0.2) is 53.0 Å². The first-order valence-corrected chi connectivity index (χ1v) is 7.30. The van der Waals surface area contributed by atoms with Crippen LogP contribution in [-0.4, -0.2) is 11.1 Å². The van der Waals surface area contributed by atoms with Crippen molar-refractivity contribution in [2.75, 3.05) is 0 Å². The van der Waals surface area contributed by atoms with Gasteiger partial charge in [0, 0.05) is 16.1 Å². The zero-order valence-electron chi connectivity index (χ0n) is 10.9. The Morgan fingerprint density at radius 2 is 2.05 bits per heavy atom. The molecule has 0 aliphatic heterocycles. The predicted octanol–water partition coefficient (Wildman–Crippen LogP) is 4.78. The highest BCUT2D eigenvalue weighted by Gasteiger charge is 2.04. The van der Waals surface area contributed by atoms with Crippen LogP contribution in [0.2, 0.25) is 5.02 Å². The molecule has 0 spiro atoms. The van der Waals surface area contributed by atoms with E-state index >= 15 is 0 Å². The average molecular weight is 368 g/mol. The molecule has 2 rings (SSSR count). The van der Waals surface area contributed by atoms with Gasteiger partial charge in [-0.1, -0.05) is 51.8 Å². The first-order valence-electron chi connectivity index (χ1n) is 6.13. The van der Waals surface area contributed by atoms with Crippen molar-refractivity contribution < 1.29 is 14.6 Å². The number of carboxylic acids is 1. The third kappa shape index (κ3) is 4.62. The highest BCUT2D eigenvalue weighted by Crippen LogP contribution is 2.27. The molecule has 0 unspecified atom stereocenters. The van der Waals surface area contributed by atoms with Crippen molar-refractivity contribution in [1.82, 2.24) is 0 Å². The molecule has 5 heteroatoms. The maximum Gasteiger partial charge on any atom is 0.328 e. The largest absolute Gasteiger partial charge is 0.487 e. The molecule has 2 aromatic rings. The molecule has 0 amide bonds. The van der Waals surface area contributed by atoms with Crippen LogP contribution in [-0.2, 0) is 11.4 Å². The SMILES string of the molecule is O=C(O)C=Cc1ccc(OCc2ccccc2Br)c(Cl)c1. The van der Waals surface area contributed by atoms with Gasteiger partial charge in [0.25, 0.3) is 0 Å². The molecule has 21 heavy (non-hydrogen) atoms. The molecule has 0 saturated carbocycles. The van der Waals surface area contributed by atoms with Crippen LogP contribution in [0.25, 0.3) is 6.08 Å². The molecule has 0 atom stereocenters. The quantitative estimate of drug-likeness (QED) is 0.774. The van der Waals surface area contributed by atoms with Crippen molar-refractivity contribution in [3.63, 3.8) is 0 Å². The zero-order valence-corrected chi connectivity index (χ0v) is 13.3. The lowest BCUT2D eigenvalue weighted by molar-refractivity contribution is -0.131. The van der Waals surface area contributed by atoms with Crippen molar-refractivity contribution >= 4 is 39.6 Å². The molecule has 0 aliphatic rings. The van der Waals surface area contributed by atoms with Gasteiger partial charge in [-0.05, 0) is 29.8 Å². The molecule has 0 radical (unpaired) electrons. The highest BCUT2D eigenvalue weighted by atomic mass is 79.9. The van der Waals surface area contributed by atoms with Crippen LogP contribution in [0.5, 0.6) is 5.75 Å². The molecule has 0 aromatic heterocycles. The normalized spacial score (nSPS) is 10.8. The van der Waals surface area contributed by atoms with Crippen molar-refractivity contribution in [1.29, 1.82) is 0 Å². The summed E-state index contributed by atoms with van der Waals surface area (Å²) in [6.45, 7) is 0.394. The Morgan fingerprint density at radius 1 is 1.29 bits per heavy atom. The molecule has 0 saturated heterocycles. The lowest BCUT2D eigenvalue weighted by atomic mass is 10.2. The van der Waals surface area contributed by atoms with Gasteiger partial charge in [-0.15, -0.1) is 0 Å². The van der Waals surface area contributed by atoms with Gasteiger partial charge in [-0.25, -0.2) is 4.79 Å². The molecule has 0 bridgehead atoms. The van der Waals surface area contributed by atoms with E-state index in [-0.39, 0.29) is 0 Å². The van der Waals surface area contributed by atoms with Gasteiger partial charge in [0.1, 0.15) is 12.4 Å². The predicted molar refractivity (Wildman–Crippen MR) is 86.6 cm³/mol. The third-order valence-corrected chi connectivity index (χ3v) is 3.78. The Balaban J connectivity index is 2.08. The standard InChI is InChI=1S/C16H12BrClO3/c17-13-4-2-1-3-12(13)10-21-15-7-5-11(9-14(15)18)6-8-16(19)20/h1-9H,10H2,(H,19,20). The Hall–Kier alpha value is -1.78. The number of halogens is 2. The summed E-state index contributed by atoms with van der Waals surface area (Å²) in [5, 5.41) is 9.03. The second kappa shape index (κ2) is 7.29. The van der Waals surface area contributed by atoms with Gasteiger partial charge in [-0.2, -0.15) is 0 Å². The number of carboxylic acid groups (broad SMARTS) is 1. The number of hydrogen-bond donors (Lipinski definition) is 1. The second-order valence-electron chi connectivity index (χ2n) is 4.24. The zero-order chi connectivity index (χ0) is 15.2.